The van der Waals surface area contributed by atoms with E-state index in [9.17, 15) is 14.4 Å². The van der Waals surface area contributed by atoms with E-state index in [0.29, 0.717) is 18.8 Å². The molecule has 3 rings (SSSR count). The highest BCUT2D eigenvalue weighted by molar-refractivity contribution is 5.92. The van der Waals surface area contributed by atoms with E-state index >= 15 is 0 Å². The van der Waals surface area contributed by atoms with Gasteiger partial charge in [0.15, 0.2) is 0 Å². The lowest BCUT2D eigenvalue weighted by Gasteiger charge is -2.28. The molecule has 0 spiro atoms. The fourth-order valence-corrected chi connectivity index (χ4v) is 4.14. The molecular formula is C26H33N3O5. The zero-order chi connectivity index (χ0) is 24.5. The van der Waals surface area contributed by atoms with Crippen molar-refractivity contribution in [1.82, 2.24) is 15.5 Å². The average molecular weight is 468 g/mol. The van der Waals surface area contributed by atoms with E-state index in [-0.39, 0.29) is 36.7 Å². The Hall–Kier alpha value is -3.55. The van der Waals surface area contributed by atoms with Crippen molar-refractivity contribution in [1.29, 1.82) is 0 Å². The minimum atomic E-state index is -0.563. The van der Waals surface area contributed by atoms with E-state index < -0.39 is 5.92 Å². The standard InChI is InChI=1S/C26H33N3O5/c1-4-5-14-29-24(31)15-22(25(29)19-8-12-21(34-3)13-9-19)26(32)28-17-23(30)27-16-18-6-10-20(33-2)11-7-18/h6-13,22,25H,4-5,14-17H2,1-3H3,(H,27,30)(H,28,32). The van der Waals surface area contributed by atoms with Crippen LogP contribution in [0.4, 0.5) is 0 Å². The SMILES string of the molecule is CCCCN1C(=O)CC(C(=O)NCC(=O)NCc2ccc(OC)cc2)C1c1ccc(OC)cc1. The Labute approximate surface area is 200 Å². The Kier molecular flexibility index (Phi) is 8.90. The van der Waals surface area contributed by atoms with E-state index in [4.69, 9.17) is 9.47 Å². The van der Waals surface area contributed by atoms with Crippen LogP contribution >= 0.6 is 0 Å². The second-order valence-electron chi connectivity index (χ2n) is 8.31. The summed E-state index contributed by atoms with van der Waals surface area (Å²) >= 11 is 0. The highest BCUT2D eigenvalue weighted by Crippen LogP contribution is 2.39. The first-order valence-electron chi connectivity index (χ1n) is 11.6. The molecule has 0 aliphatic carbocycles. The van der Waals surface area contributed by atoms with Crippen LogP contribution in [0.5, 0.6) is 11.5 Å². The molecule has 0 radical (unpaired) electrons. The van der Waals surface area contributed by atoms with Gasteiger partial charge in [0.2, 0.25) is 17.7 Å². The number of methoxy groups -OCH3 is 2. The number of nitrogens with one attached hydrogen (secondary N) is 2. The third-order valence-corrected chi connectivity index (χ3v) is 6.05. The first-order chi connectivity index (χ1) is 16.5. The van der Waals surface area contributed by atoms with Crippen LogP contribution in [-0.4, -0.2) is 49.9 Å². The summed E-state index contributed by atoms with van der Waals surface area (Å²) in [4.78, 5) is 39.9. The van der Waals surface area contributed by atoms with Gasteiger partial charge >= 0.3 is 0 Å². The summed E-state index contributed by atoms with van der Waals surface area (Å²) in [6, 6.07) is 14.5. The number of nitrogens with zero attached hydrogens (tertiary/aromatic N) is 1. The van der Waals surface area contributed by atoms with Crippen molar-refractivity contribution in [3.8, 4) is 11.5 Å². The number of amides is 3. The molecule has 8 nitrogen and oxygen atoms in total. The maximum absolute atomic E-state index is 13.1. The van der Waals surface area contributed by atoms with Gasteiger partial charge in [0.25, 0.3) is 0 Å². The zero-order valence-electron chi connectivity index (χ0n) is 20.0. The number of rotatable bonds is 11. The van der Waals surface area contributed by atoms with Gasteiger partial charge in [0.05, 0.1) is 32.7 Å². The number of hydrogen-bond acceptors (Lipinski definition) is 5. The molecule has 34 heavy (non-hydrogen) atoms. The normalized spacial score (nSPS) is 17.4. The van der Waals surface area contributed by atoms with Gasteiger partial charge in [-0.05, 0) is 41.8 Å². The zero-order valence-corrected chi connectivity index (χ0v) is 20.0. The molecule has 2 aromatic carbocycles. The van der Waals surface area contributed by atoms with Crippen molar-refractivity contribution >= 4 is 17.7 Å². The fraction of sp³-hybridized carbons (Fsp3) is 0.423. The van der Waals surface area contributed by atoms with E-state index in [1.54, 1.807) is 19.1 Å². The molecule has 0 saturated carbocycles. The van der Waals surface area contributed by atoms with Crippen molar-refractivity contribution in [2.75, 3.05) is 27.3 Å². The molecule has 2 unspecified atom stereocenters. The highest BCUT2D eigenvalue weighted by Gasteiger charge is 2.44. The Morgan fingerprint density at radius 1 is 0.971 bits per heavy atom. The molecule has 2 aromatic rings. The monoisotopic (exact) mass is 467 g/mol. The maximum Gasteiger partial charge on any atom is 0.239 e. The topological polar surface area (TPSA) is 97.0 Å². The maximum atomic E-state index is 13.1. The minimum Gasteiger partial charge on any atom is -0.497 e. The Balaban J connectivity index is 1.62. The average Bonchev–Trinajstić information content (AvgIpc) is 3.20. The third kappa shape index (κ3) is 6.27. The highest BCUT2D eigenvalue weighted by atomic mass is 16.5. The number of hydrogen-bond donors (Lipinski definition) is 2. The molecule has 2 N–H and O–H groups in total. The molecule has 1 aliphatic rings. The van der Waals surface area contributed by atoms with Crippen LogP contribution < -0.4 is 20.1 Å². The van der Waals surface area contributed by atoms with Gasteiger partial charge in [-0.1, -0.05) is 37.6 Å². The molecule has 0 bridgehead atoms. The van der Waals surface area contributed by atoms with Crippen molar-refractivity contribution in [2.45, 2.75) is 38.8 Å². The van der Waals surface area contributed by atoms with Crippen molar-refractivity contribution in [3.05, 3.63) is 59.7 Å². The minimum absolute atomic E-state index is 0.0432. The van der Waals surface area contributed by atoms with Crippen LogP contribution in [0.15, 0.2) is 48.5 Å². The van der Waals surface area contributed by atoms with Crippen molar-refractivity contribution < 1.29 is 23.9 Å². The van der Waals surface area contributed by atoms with E-state index in [0.717, 1.165) is 29.7 Å². The summed E-state index contributed by atoms with van der Waals surface area (Å²) in [7, 11) is 3.19. The van der Waals surface area contributed by atoms with Gasteiger partial charge in [-0.25, -0.2) is 0 Å². The second-order valence-corrected chi connectivity index (χ2v) is 8.31. The van der Waals surface area contributed by atoms with Crippen molar-refractivity contribution in [2.24, 2.45) is 5.92 Å². The van der Waals surface area contributed by atoms with Gasteiger partial charge in [-0.15, -0.1) is 0 Å². The number of carbonyl (C=O) groups is 3. The van der Waals surface area contributed by atoms with E-state index in [1.165, 1.54) is 0 Å². The van der Waals surface area contributed by atoms with Crippen LogP contribution in [0.1, 0.15) is 43.4 Å². The number of benzene rings is 2. The molecule has 1 aliphatic heterocycles. The second kappa shape index (κ2) is 12.1. The van der Waals surface area contributed by atoms with Gasteiger partial charge in [-0.2, -0.15) is 0 Å². The molecule has 182 valence electrons. The quantitative estimate of drug-likeness (QED) is 0.530. The summed E-state index contributed by atoms with van der Waals surface area (Å²) in [5.41, 5.74) is 1.81. The number of ether oxygens (including phenoxy) is 2. The lowest BCUT2D eigenvalue weighted by Crippen LogP contribution is -2.41. The lowest BCUT2D eigenvalue weighted by atomic mass is 9.92. The van der Waals surface area contributed by atoms with Gasteiger partial charge in [0.1, 0.15) is 11.5 Å². The van der Waals surface area contributed by atoms with Gasteiger partial charge in [0, 0.05) is 19.5 Å². The van der Waals surface area contributed by atoms with E-state index in [1.807, 2.05) is 48.5 Å². The summed E-state index contributed by atoms with van der Waals surface area (Å²) < 4.78 is 10.4. The summed E-state index contributed by atoms with van der Waals surface area (Å²) in [5.74, 6) is 0.256. The van der Waals surface area contributed by atoms with Crippen LogP contribution in [0.2, 0.25) is 0 Å². The molecular weight excluding hydrogens is 434 g/mol. The van der Waals surface area contributed by atoms with Crippen LogP contribution in [-0.2, 0) is 20.9 Å². The molecule has 1 fully saturated rings. The van der Waals surface area contributed by atoms with Crippen LogP contribution in [0, 0.1) is 5.92 Å². The fourth-order valence-electron chi connectivity index (χ4n) is 4.14. The number of unbranched alkanes of at least 4 members (excludes halogenated alkanes) is 1. The van der Waals surface area contributed by atoms with Gasteiger partial charge < -0.3 is 25.0 Å². The summed E-state index contributed by atoms with van der Waals surface area (Å²) in [6.45, 7) is 2.86. The predicted molar refractivity (Wildman–Crippen MR) is 128 cm³/mol. The Morgan fingerprint density at radius 2 is 1.59 bits per heavy atom. The predicted octanol–water partition coefficient (Wildman–Crippen LogP) is 2.83. The van der Waals surface area contributed by atoms with E-state index in [2.05, 4.69) is 17.6 Å². The molecule has 3 amide bonds. The molecule has 8 heteroatoms. The van der Waals surface area contributed by atoms with Crippen LogP contribution in [0.25, 0.3) is 0 Å². The lowest BCUT2D eigenvalue weighted by molar-refractivity contribution is -0.129. The largest absolute Gasteiger partial charge is 0.497 e. The Bertz CT molecular complexity index is 975. The van der Waals surface area contributed by atoms with Crippen molar-refractivity contribution in [3.63, 3.8) is 0 Å². The smallest absolute Gasteiger partial charge is 0.239 e. The molecule has 2 atom stereocenters. The van der Waals surface area contributed by atoms with Gasteiger partial charge in [-0.3, -0.25) is 14.4 Å². The summed E-state index contributed by atoms with van der Waals surface area (Å²) in [6.07, 6.45) is 1.94. The first kappa shape index (κ1) is 25.1. The first-order valence-corrected chi connectivity index (χ1v) is 11.6. The van der Waals surface area contributed by atoms with Crippen LogP contribution in [0.3, 0.4) is 0 Å². The molecule has 1 saturated heterocycles. The third-order valence-electron chi connectivity index (χ3n) is 6.05. The molecule has 1 heterocycles. The molecule has 0 aromatic heterocycles. The number of likely N-dealkylation sites (tertiary alicyclic amines) is 1. The number of carbonyl (C=O) groups excluding carboxylic acids is 3. The summed E-state index contributed by atoms with van der Waals surface area (Å²) in [5, 5.41) is 5.52. The Morgan fingerprint density at radius 3 is 2.18 bits per heavy atom.